The van der Waals surface area contributed by atoms with E-state index in [1.807, 2.05) is 12.1 Å². The van der Waals surface area contributed by atoms with Crippen LogP contribution in [-0.4, -0.2) is 11.9 Å². The number of rotatable bonds is 5. The highest BCUT2D eigenvalue weighted by molar-refractivity contribution is 5.79. The van der Waals surface area contributed by atoms with Gasteiger partial charge >= 0.3 is 0 Å². The van der Waals surface area contributed by atoms with E-state index in [4.69, 9.17) is 5.73 Å². The van der Waals surface area contributed by atoms with E-state index in [9.17, 15) is 4.79 Å². The molecule has 3 nitrogen and oxygen atoms in total. The van der Waals surface area contributed by atoms with Crippen LogP contribution in [0.5, 0.6) is 0 Å². The fraction of sp³-hybridized carbons (Fsp3) is 0.417. The number of amides is 1. The summed E-state index contributed by atoms with van der Waals surface area (Å²) in [5.74, 6) is -0.318. The van der Waals surface area contributed by atoms with Gasteiger partial charge in [0, 0.05) is 6.54 Å². The van der Waals surface area contributed by atoms with Crippen LogP contribution in [0.15, 0.2) is 24.3 Å². The maximum atomic E-state index is 10.8. The summed E-state index contributed by atoms with van der Waals surface area (Å²) in [7, 11) is 0. The van der Waals surface area contributed by atoms with Crippen LogP contribution in [0.1, 0.15) is 25.0 Å². The van der Waals surface area contributed by atoms with Gasteiger partial charge in [-0.2, -0.15) is 0 Å². The number of hydrogen-bond donors (Lipinski definition) is 2. The molecule has 82 valence electrons. The maximum Gasteiger partial charge on any atom is 0.234 e. The highest BCUT2D eigenvalue weighted by atomic mass is 16.1. The van der Waals surface area contributed by atoms with E-state index in [1.165, 1.54) is 11.1 Å². The van der Waals surface area contributed by atoms with Gasteiger partial charge in [-0.05, 0) is 24.5 Å². The Morgan fingerprint density at radius 2 is 2.13 bits per heavy atom. The van der Waals surface area contributed by atoms with Crippen molar-refractivity contribution in [3.63, 3.8) is 0 Å². The van der Waals surface area contributed by atoms with Gasteiger partial charge in [-0.3, -0.25) is 4.79 Å². The predicted molar refractivity (Wildman–Crippen MR) is 61.3 cm³/mol. The molecule has 1 aromatic carbocycles. The Hall–Kier alpha value is -1.35. The minimum absolute atomic E-state index is 0.282. The zero-order chi connectivity index (χ0) is 11.3. The van der Waals surface area contributed by atoms with Crippen molar-refractivity contribution in [3.8, 4) is 0 Å². The molecule has 0 fully saturated rings. The average molecular weight is 206 g/mol. The summed E-state index contributed by atoms with van der Waals surface area (Å²) in [6, 6.07) is 8.03. The van der Waals surface area contributed by atoms with Crippen LogP contribution >= 0.6 is 0 Å². The predicted octanol–water partition coefficient (Wildman–Crippen LogP) is 1.21. The van der Waals surface area contributed by atoms with Crippen molar-refractivity contribution < 1.29 is 4.79 Å². The third-order valence-corrected chi connectivity index (χ3v) is 2.44. The lowest BCUT2D eigenvalue weighted by molar-refractivity contribution is -0.119. The van der Waals surface area contributed by atoms with Crippen molar-refractivity contribution in [2.45, 2.75) is 32.9 Å². The lowest BCUT2D eigenvalue weighted by Crippen LogP contribution is -2.38. The molecule has 0 unspecified atom stereocenters. The van der Waals surface area contributed by atoms with Crippen LogP contribution in [0.25, 0.3) is 0 Å². The van der Waals surface area contributed by atoms with Crippen molar-refractivity contribution in [2.75, 3.05) is 0 Å². The number of carbonyl (C=O) groups is 1. The van der Waals surface area contributed by atoms with Crippen LogP contribution in [0.4, 0.5) is 0 Å². The summed E-state index contributed by atoms with van der Waals surface area (Å²) in [4.78, 5) is 10.8. The van der Waals surface area contributed by atoms with E-state index in [1.54, 1.807) is 6.92 Å². The zero-order valence-corrected chi connectivity index (χ0v) is 9.29. The second-order valence-electron chi connectivity index (χ2n) is 3.68. The van der Waals surface area contributed by atoms with Crippen LogP contribution in [0.2, 0.25) is 0 Å². The Morgan fingerprint density at radius 1 is 1.47 bits per heavy atom. The first-order chi connectivity index (χ1) is 7.13. The van der Waals surface area contributed by atoms with Gasteiger partial charge in [-0.25, -0.2) is 0 Å². The fourth-order valence-electron chi connectivity index (χ4n) is 1.33. The summed E-state index contributed by atoms with van der Waals surface area (Å²) in [6.07, 6.45) is 1.03. The van der Waals surface area contributed by atoms with Gasteiger partial charge in [0.25, 0.3) is 0 Å². The zero-order valence-electron chi connectivity index (χ0n) is 9.29. The first kappa shape index (κ1) is 11.7. The fourth-order valence-corrected chi connectivity index (χ4v) is 1.33. The van der Waals surface area contributed by atoms with Gasteiger partial charge in [-0.1, -0.05) is 31.2 Å². The normalized spacial score (nSPS) is 12.4. The molecule has 0 saturated heterocycles. The Morgan fingerprint density at radius 3 is 2.73 bits per heavy atom. The largest absolute Gasteiger partial charge is 0.368 e. The van der Waals surface area contributed by atoms with Crippen molar-refractivity contribution in [2.24, 2.45) is 5.73 Å². The second kappa shape index (κ2) is 5.51. The third-order valence-electron chi connectivity index (χ3n) is 2.44. The molecule has 0 saturated carbocycles. The average Bonchev–Trinajstić information content (AvgIpc) is 2.26. The van der Waals surface area contributed by atoms with Gasteiger partial charge in [0.1, 0.15) is 0 Å². The standard InChI is InChI=1S/C12H18N2O/c1-3-10-5-4-6-11(7-10)8-14-9(2)12(13)15/h4-7,9,14H,3,8H2,1-2H3,(H2,13,15)/t9-/m1/s1. The lowest BCUT2D eigenvalue weighted by Gasteiger charge is -2.10. The number of hydrogen-bond acceptors (Lipinski definition) is 2. The smallest absolute Gasteiger partial charge is 0.234 e. The molecule has 0 aliphatic rings. The summed E-state index contributed by atoms with van der Waals surface area (Å²) >= 11 is 0. The molecule has 1 aromatic rings. The quantitative estimate of drug-likeness (QED) is 0.761. The lowest BCUT2D eigenvalue weighted by atomic mass is 10.1. The van der Waals surface area contributed by atoms with E-state index in [0.717, 1.165) is 6.42 Å². The molecule has 3 heteroatoms. The van der Waals surface area contributed by atoms with Gasteiger partial charge in [0.15, 0.2) is 0 Å². The van der Waals surface area contributed by atoms with Crippen molar-refractivity contribution >= 4 is 5.91 Å². The third kappa shape index (κ3) is 3.72. The minimum atomic E-state index is -0.318. The molecule has 15 heavy (non-hydrogen) atoms. The molecule has 1 rings (SSSR count). The molecule has 0 aliphatic carbocycles. The molecule has 0 bridgehead atoms. The number of carbonyl (C=O) groups excluding carboxylic acids is 1. The van der Waals surface area contributed by atoms with Gasteiger partial charge in [0.2, 0.25) is 5.91 Å². The monoisotopic (exact) mass is 206 g/mol. The Bertz CT molecular complexity index is 336. The van der Waals surface area contributed by atoms with E-state index < -0.39 is 0 Å². The molecule has 0 radical (unpaired) electrons. The highest BCUT2D eigenvalue weighted by Crippen LogP contribution is 2.05. The topological polar surface area (TPSA) is 55.1 Å². The number of benzene rings is 1. The maximum absolute atomic E-state index is 10.8. The molecule has 0 spiro atoms. The van der Waals surface area contributed by atoms with E-state index in [0.29, 0.717) is 6.54 Å². The molecular weight excluding hydrogens is 188 g/mol. The van der Waals surface area contributed by atoms with Gasteiger partial charge in [-0.15, -0.1) is 0 Å². The second-order valence-corrected chi connectivity index (χ2v) is 3.68. The van der Waals surface area contributed by atoms with E-state index in [-0.39, 0.29) is 11.9 Å². The molecule has 0 aliphatic heterocycles. The molecule has 1 atom stereocenters. The van der Waals surface area contributed by atoms with Crippen LogP contribution in [0, 0.1) is 0 Å². The molecule has 0 aromatic heterocycles. The van der Waals surface area contributed by atoms with E-state index in [2.05, 4.69) is 24.4 Å². The Labute approximate surface area is 90.7 Å². The first-order valence-corrected chi connectivity index (χ1v) is 5.24. The number of nitrogens with two attached hydrogens (primary N) is 1. The van der Waals surface area contributed by atoms with Gasteiger partial charge < -0.3 is 11.1 Å². The molecule has 1 amide bonds. The van der Waals surface area contributed by atoms with E-state index >= 15 is 0 Å². The van der Waals surface area contributed by atoms with Crippen LogP contribution in [0.3, 0.4) is 0 Å². The summed E-state index contributed by atoms with van der Waals surface area (Å²) in [5.41, 5.74) is 7.64. The molecular formula is C12H18N2O. The van der Waals surface area contributed by atoms with Crippen molar-refractivity contribution in [1.82, 2.24) is 5.32 Å². The Balaban J connectivity index is 2.53. The number of nitrogens with one attached hydrogen (secondary N) is 1. The summed E-state index contributed by atoms with van der Waals surface area (Å²) in [5, 5.41) is 3.08. The SMILES string of the molecule is CCc1cccc(CN[C@H](C)C(N)=O)c1. The van der Waals surface area contributed by atoms with Crippen molar-refractivity contribution in [3.05, 3.63) is 35.4 Å². The van der Waals surface area contributed by atoms with Gasteiger partial charge in [0.05, 0.1) is 6.04 Å². The number of primary amides is 1. The summed E-state index contributed by atoms with van der Waals surface area (Å²) in [6.45, 7) is 4.57. The Kier molecular flexibility index (Phi) is 4.31. The number of aryl methyl sites for hydroxylation is 1. The summed E-state index contributed by atoms with van der Waals surface area (Å²) < 4.78 is 0. The van der Waals surface area contributed by atoms with Crippen molar-refractivity contribution in [1.29, 1.82) is 0 Å². The first-order valence-electron chi connectivity index (χ1n) is 5.24. The molecule has 3 N–H and O–H groups in total. The highest BCUT2D eigenvalue weighted by Gasteiger charge is 2.06. The molecule has 0 heterocycles. The van der Waals surface area contributed by atoms with Crippen LogP contribution < -0.4 is 11.1 Å². The minimum Gasteiger partial charge on any atom is -0.368 e. The van der Waals surface area contributed by atoms with Crippen LogP contribution in [-0.2, 0) is 17.8 Å².